The molecule has 1 N–H and O–H groups in total. The maximum atomic E-state index is 11.7. The van der Waals surface area contributed by atoms with Crippen molar-refractivity contribution in [3.05, 3.63) is 69.7 Å². The number of esters is 1. The van der Waals surface area contributed by atoms with Crippen LogP contribution < -0.4 is 5.32 Å². The van der Waals surface area contributed by atoms with Gasteiger partial charge in [-0.2, -0.15) is 0 Å². The molecule has 0 bridgehead atoms. The van der Waals surface area contributed by atoms with Crippen molar-refractivity contribution >= 4 is 29.2 Å². The van der Waals surface area contributed by atoms with Crippen molar-refractivity contribution in [1.29, 1.82) is 0 Å². The lowest BCUT2D eigenvalue weighted by Crippen LogP contribution is -2.24. The van der Waals surface area contributed by atoms with Crippen LogP contribution >= 0.6 is 23.2 Å². The van der Waals surface area contributed by atoms with Crippen molar-refractivity contribution in [3.8, 4) is 0 Å². The van der Waals surface area contributed by atoms with E-state index >= 15 is 0 Å². The first-order valence-corrected chi connectivity index (χ1v) is 7.65. The summed E-state index contributed by atoms with van der Waals surface area (Å²) in [5, 5.41) is 4.44. The molecule has 5 heteroatoms. The molecule has 0 saturated carbocycles. The third-order valence-corrected chi connectivity index (χ3v) is 3.89. The van der Waals surface area contributed by atoms with Gasteiger partial charge >= 0.3 is 5.97 Å². The number of benzene rings is 2. The second kappa shape index (κ2) is 8.18. The quantitative estimate of drug-likeness (QED) is 0.794. The zero-order valence-corrected chi connectivity index (χ0v) is 13.7. The van der Waals surface area contributed by atoms with Gasteiger partial charge in [0.15, 0.2) is 0 Å². The zero-order chi connectivity index (χ0) is 15.9. The lowest BCUT2D eigenvalue weighted by molar-refractivity contribution is -0.141. The van der Waals surface area contributed by atoms with Crippen LogP contribution in [-0.2, 0) is 16.1 Å². The smallest absolute Gasteiger partial charge is 0.307 e. The maximum Gasteiger partial charge on any atom is 0.307 e. The van der Waals surface area contributed by atoms with E-state index in [1.807, 2.05) is 36.4 Å². The molecule has 0 amide bonds. The number of methoxy groups -OCH3 is 1. The Morgan fingerprint density at radius 1 is 1.18 bits per heavy atom. The summed E-state index contributed by atoms with van der Waals surface area (Å²) in [6.07, 6.45) is 0.199. The molecular weight excluding hydrogens is 321 g/mol. The molecule has 22 heavy (non-hydrogen) atoms. The normalized spacial score (nSPS) is 12.0. The van der Waals surface area contributed by atoms with E-state index < -0.39 is 0 Å². The van der Waals surface area contributed by atoms with Gasteiger partial charge in [0.2, 0.25) is 0 Å². The summed E-state index contributed by atoms with van der Waals surface area (Å²) in [5.74, 6) is -0.295. The molecule has 2 rings (SSSR count). The van der Waals surface area contributed by atoms with Gasteiger partial charge in [0.1, 0.15) is 0 Å². The van der Waals surface area contributed by atoms with Gasteiger partial charge in [-0.15, -0.1) is 0 Å². The van der Waals surface area contributed by atoms with Gasteiger partial charge in [-0.1, -0.05) is 59.6 Å². The highest BCUT2D eigenvalue weighted by atomic mass is 35.5. The van der Waals surface area contributed by atoms with Crippen molar-refractivity contribution in [2.45, 2.75) is 19.0 Å². The number of hydrogen-bond acceptors (Lipinski definition) is 3. The Kier molecular flexibility index (Phi) is 6.25. The molecule has 0 fully saturated rings. The van der Waals surface area contributed by atoms with Crippen LogP contribution in [0.3, 0.4) is 0 Å². The summed E-state index contributed by atoms with van der Waals surface area (Å²) in [7, 11) is 1.38. The number of halogens is 2. The molecule has 1 unspecified atom stereocenters. The van der Waals surface area contributed by atoms with Gasteiger partial charge in [0, 0.05) is 22.6 Å². The van der Waals surface area contributed by atoms with Crippen LogP contribution in [-0.4, -0.2) is 13.1 Å². The van der Waals surface area contributed by atoms with E-state index in [1.165, 1.54) is 7.11 Å². The molecule has 2 aromatic rings. The minimum Gasteiger partial charge on any atom is -0.469 e. The van der Waals surface area contributed by atoms with E-state index in [9.17, 15) is 4.79 Å². The maximum absolute atomic E-state index is 11.7. The highest BCUT2D eigenvalue weighted by Gasteiger charge is 2.19. The molecule has 2 aromatic carbocycles. The highest BCUT2D eigenvalue weighted by molar-refractivity contribution is 6.35. The first-order valence-electron chi connectivity index (χ1n) is 6.89. The summed E-state index contributed by atoms with van der Waals surface area (Å²) in [6.45, 7) is 0.626. The summed E-state index contributed by atoms with van der Waals surface area (Å²) in [5.41, 5.74) is 1.95. The van der Waals surface area contributed by atoms with Crippen molar-refractivity contribution in [3.63, 3.8) is 0 Å². The summed E-state index contributed by atoms with van der Waals surface area (Å²) < 4.78 is 4.77. The monoisotopic (exact) mass is 337 g/mol. The molecule has 0 aromatic heterocycles. The standard InChI is InChI=1S/C17H17Cl2NO2/c1-22-17(21)10-16(14-8-7-13(18)9-15(14)19)20-11-12-5-3-2-4-6-12/h2-9,16,20H,10-11H2,1H3. The summed E-state index contributed by atoms with van der Waals surface area (Å²) in [6, 6.07) is 15.0. The van der Waals surface area contributed by atoms with E-state index in [2.05, 4.69) is 5.32 Å². The van der Waals surface area contributed by atoms with Gasteiger partial charge in [-0.3, -0.25) is 4.79 Å². The fourth-order valence-corrected chi connectivity index (χ4v) is 2.70. The number of ether oxygens (including phenoxy) is 1. The largest absolute Gasteiger partial charge is 0.469 e. The summed E-state index contributed by atoms with van der Waals surface area (Å²) in [4.78, 5) is 11.7. The number of nitrogens with one attached hydrogen (secondary N) is 1. The fraction of sp³-hybridized carbons (Fsp3) is 0.235. The first kappa shape index (κ1) is 16.8. The van der Waals surface area contributed by atoms with Crippen LogP contribution in [0, 0.1) is 0 Å². The molecule has 0 spiro atoms. The van der Waals surface area contributed by atoms with Crippen LogP contribution in [0.5, 0.6) is 0 Å². The SMILES string of the molecule is COC(=O)CC(NCc1ccccc1)c1ccc(Cl)cc1Cl. The van der Waals surface area contributed by atoms with Crippen molar-refractivity contribution in [2.24, 2.45) is 0 Å². The Hall–Kier alpha value is -1.55. The lowest BCUT2D eigenvalue weighted by Gasteiger charge is -2.19. The second-order valence-electron chi connectivity index (χ2n) is 4.87. The minimum absolute atomic E-state index is 0.199. The second-order valence-corrected chi connectivity index (χ2v) is 5.71. The average Bonchev–Trinajstić information content (AvgIpc) is 2.52. The predicted octanol–water partition coefficient (Wildman–Crippen LogP) is 4.39. The Morgan fingerprint density at radius 3 is 2.55 bits per heavy atom. The number of rotatable bonds is 6. The first-order chi connectivity index (χ1) is 10.6. The van der Waals surface area contributed by atoms with E-state index in [-0.39, 0.29) is 18.4 Å². The Labute approximate surface area is 140 Å². The highest BCUT2D eigenvalue weighted by Crippen LogP contribution is 2.28. The number of hydrogen-bond donors (Lipinski definition) is 1. The molecule has 0 radical (unpaired) electrons. The van der Waals surface area contributed by atoms with E-state index in [0.29, 0.717) is 16.6 Å². The van der Waals surface area contributed by atoms with Crippen LogP contribution in [0.25, 0.3) is 0 Å². The van der Waals surface area contributed by atoms with Gasteiger partial charge in [0.05, 0.1) is 13.5 Å². The predicted molar refractivity (Wildman–Crippen MR) is 89.1 cm³/mol. The van der Waals surface area contributed by atoms with E-state index in [1.54, 1.807) is 12.1 Å². The molecule has 0 aliphatic rings. The van der Waals surface area contributed by atoms with Crippen LogP contribution in [0.15, 0.2) is 48.5 Å². The van der Waals surface area contributed by atoms with Gasteiger partial charge in [-0.05, 0) is 23.3 Å². The molecule has 3 nitrogen and oxygen atoms in total. The molecule has 0 saturated heterocycles. The molecule has 0 aliphatic heterocycles. The third kappa shape index (κ3) is 4.73. The Morgan fingerprint density at radius 2 is 1.91 bits per heavy atom. The van der Waals surface area contributed by atoms with Crippen LogP contribution in [0.4, 0.5) is 0 Å². The average molecular weight is 338 g/mol. The molecule has 116 valence electrons. The lowest BCUT2D eigenvalue weighted by atomic mass is 10.0. The van der Waals surface area contributed by atoms with Gasteiger partial charge in [0.25, 0.3) is 0 Å². The van der Waals surface area contributed by atoms with E-state index in [0.717, 1.165) is 11.1 Å². The molecule has 1 atom stereocenters. The summed E-state index contributed by atoms with van der Waals surface area (Å²) >= 11 is 12.2. The van der Waals surface area contributed by atoms with Crippen LogP contribution in [0.1, 0.15) is 23.6 Å². The van der Waals surface area contributed by atoms with Crippen molar-refractivity contribution in [1.82, 2.24) is 5.32 Å². The van der Waals surface area contributed by atoms with Crippen molar-refractivity contribution < 1.29 is 9.53 Å². The molecular formula is C17H17Cl2NO2. The Bertz CT molecular complexity index is 632. The van der Waals surface area contributed by atoms with Gasteiger partial charge in [-0.25, -0.2) is 0 Å². The van der Waals surface area contributed by atoms with Crippen molar-refractivity contribution in [2.75, 3.05) is 7.11 Å². The third-order valence-electron chi connectivity index (χ3n) is 3.33. The van der Waals surface area contributed by atoms with Crippen LogP contribution in [0.2, 0.25) is 10.0 Å². The van der Waals surface area contributed by atoms with E-state index in [4.69, 9.17) is 27.9 Å². The fourth-order valence-electron chi connectivity index (χ4n) is 2.16. The van der Waals surface area contributed by atoms with Gasteiger partial charge < -0.3 is 10.1 Å². The minimum atomic E-state index is -0.295. The molecule has 0 heterocycles. The Balaban J connectivity index is 2.16. The number of carbonyl (C=O) groups excluding carboxylic acids is 1. The number of carbonyl (C=O) groups is 1. The topological polar surface area (TPSA) is 38.3 Å². The zero-order valence-electron chi connectivity index (χ0n) is 12.2. The molecule has 0 aliphatic carbocycles.